The molecule has 0 aliphatic heterocycles. The molecule has 1 aromatic carbocycles. The molecule has 0 saturated carbocycles. The van der Waals surface area contributed by atoms with Gasteiger partial charge in [0.2, 0.25) is 0 Å². The van der Waals surface area contributed by atoms with Crippen LogP contribution in [0.1, 0.15) is 21.5 Å². The van der Waals surface area contributed by atoms with Gasteiger partial charge < -0.3 is 10.5 Å². The number of ether oxygens (including phenoxy) is 1. The van der Waals surface area contributed by atoms with Crippen molar-refractivity contribution in [2.45, 2.75) is 12.7 Å². The number of nitrogen functional groups attached to an aromatic ring is 1. The molecule has 112 valence electrons. The van der Waals surface area contributed by atoms with Gasteiger partial charge in [0, 0.05) is 11.9 Å². The molecule has 0 aliphatic carbocycles. The summed E-state index contributed by atoms with van der Waals surface area (Å²) in [4.78, 5) is 11.7. The highest BCUT2D eigenvalue weighted by molar-refractivity contribution is 5.96. The first-order chi connectivity index (χ1) is 9.82. The quantitative estimate of drug-likeness (QED) is 0.697. The Morgan fingerprint density at radius 1 is 1.43 bits per heavy atom. The number of aromatic nitrogens is 2. The Morgan fingerprint density at radius 3 is 2.71 bits per heavy atom. The van der Waals surface area contributed by atoms with Gasteiger partial charge in [0.25, 0.3) is 0 Å². The Hall–Kier alpha value is -2.51. The van der Waals surface area contributed by atoms with Gasteiger partial charge in [-0.1, -0.05) is 12.1 Å². The average Bonchev–Trinajstić information content (AvgIpc) is 2.87. The normalized spacial score (nSPS) is 11.4. The van der Waals surface area contributed by atoms with Crippen LogP contribution in [0.15, 0.2) is 30.6 Å². The Balaban J connectivity index is 2.34. The molecule has 0 atom stereocenters. The van der Waals surface area contributed by atoms with E-state index in [1.54, 1.807) is 12.1 Å². The lowest BCUT2D eigenvalue weighted by Gasteiger charge is -2.10. The van der Waals surface area contributed by atoms with E-state index in [2.05, 4.69) is 9.84 Å². The van der Waals surface area contributed by atoms with E-state index in [0.717, 1.165) is 17.1 Å². The highest BCUT2D eigenvalue weighted by Crippen LogP contribution is 2.28. The molecule has 0 saturated heterocycles. The Labute approximate surface area is 118 Å². The minimum atomic E-state index is -4.46. The van der Waals surface area contributed by atoms with Crippen LogP contribution in [0.2, 0.25) is 0 Å². The summed E-state index contributed by atoms with van der Waals surface area (Å²) in [5.41, 5.74) is 5.61. The van der Waals surface area contributed by atoms with Gasteiger partial charge in [-0.05, 0) is 11.6 Å². The first-order valence-corrected chi connectivity index (χ1v) is 5.88. The van der Waals surface area contributed by atoms with E-state index in [1.165, 1.54) is 13.2 Å². The lowest BCUT2D eigenvalue weighted by molar-refractivity contribution is -0.137. The van der Waals surface area contributed by atoms with Crippen LogP contribution in [0.4, 0.5) is 18.9 Å². The van der Waals surface area contributed by atoms with Gasteiger partial charge in [-0.2, -0.15) is 18.3 Å². The molecule has 21 heavy (non-hydrogen) atoms. The van der Waals surface area contributed by atoms with Crippen molar-refractivity contribution in [2.24, 2.45) is 0 Å². The molecule has 0 amide bonds. The molecule has 8 heteroatoms. The highest BCUT2D eigenvalue weighted by Gasteiger charge is 2.32. The summed E-state index contributed by atoms with van der Waals surface area (Å²) in [6, 6.07) is 4.70. The third kappa shape index (κ3) is 3.15. The van der Waals surface area contributed by atoms with E-state index < -0.39 is 17.7 Å². The average molecular weight is 299 g/mol. The summed E-state index contributed by atoms with van der Waals surface area (Å²) >= 11 is 0. The SMILES string of the molecule is COC(=O)c1c(N)cccc1Cn1cc(C(F)(F)F)cn1. The zero-order chi connectivity index (χ0) is 15.6. The van der Waals surface area contributed by atoms with Gasteiger partial charge in [0.15, 0.2) is 0 Å². The highest BCUT2D eigenvalue weighted by atomic mass is 19.4. The first-order valence-electron chi connectivity index (χ1n) is 5.88. The molecule has 1 aromatic heterocycles. The summed E-state index contributed by atoms with van der Waals surface area (Å²) in [5, 5.41) is 3.64. The van der Waals surface area contributed by atoms with Crippen LogP contribution < -0.4 is 5.73 Å². The van der Waals surface area contributed by atoms with Crippen molar-refractivity contribution in [3.63, 3.8) is 0 Å². The first kappa shape index (κ1) is 14.9. The van der Waals surface area contributed by atoms with Crippen LogP contribution in [-0.4, -0.2) is 22.9 Å². The molecule has 2 aromatic rings. The van der Waals surface area contributed by atoms with Gasteiger partial charge >= 0.3 is 12.1 Å². The van der Waals surface area contributed by atoms with E-state index in [-0.39, 0.29) is 17.8 Å². The largest absolute Gasteiger partial charge is 0.465 e. The van der Waals surface area contributed by atoms with Crippen molar-refractivity contribution in [1.82, 2.24) is 9.78 Å². The van der Waals surface area contributed by atoms with Gasteiger partial charge in [0.1, 0.15) is 0 Å². The number of rotatable bonds is 3. The smallest absolute Gasteiger partial charge is 0.419 e. The number of anilines is 1. The van der Waals surface area contributed by atoms with Gasteiger partial charge in [0.05, 0.1) is 31.0 Å². The number of methoxy groups -OCH3 is 1. The predicted octanol–water partition coefficient (Wildman–Crippen LogP) is 2.32. The molecule has 2 N–H and O–H groups in total. The van der Waals surface area contributed by atoms with Gasteiger partial charge in [-0.3, -0.25) is 4.68 Å². The van der Waals surface area contributed by atoms with Crippen LogP contribution in [0.5, 0.6) is 0 Å². The fourth-order valence-electron chi connectivity index (χ4n) is 1.87. The van der Waals surface area contributed by atoms with Crippen molar-refractivity contribution in [3.05, 3.63) is 47.3 Å². The Morgan fingerprint density at radius 2 is 2.14 bits per heavy atom. The maximum atomic E-state index is 12.5. The molecule has 0 spiro atoms. The zero-order valence-corrected chi connectivity index (χ0v) is 11.0. The standard InChI is InChI=1S/C13H12F3N3O2/c1-21-12(20)11-8(3-2-4-10(11)17)6-19-7-9(5-18-19)13(14,15)16/h2-5,7H,6,17H2,1H3. The third-order valence-corrected chi connectivity index (χ3v) is 2.87. The van der Waals surface area contributed by atoms with E-state index in [1.807, 2.05) is 0 Å². The number of halogens is 3. The van der Waals surface area contributed by atoms with Crippen LogP contribution >= 0.6 is 0 Å². The summed E-state index contributed by atoms with van der Waals surface area (Å²) < 4.78 is 43.3. The van der Waals surface area contributed by atoms with Crippen LogP contribution in [0.25, 0.3) is 0 Å². The molecule has 0 aliphatic rings. The second kappa shape index (κ2) is 5.47. The Bertz CT molecular complexity index is 665. The number of hydrogen-bond acceptors (Lipinski definition) is 4. The second-order valence-electron chi connectivity index (χ2n) is 4.30. The molecule has 0 radical (unpaired) electrons. The van der Waals surface area contributed by atoms with Gasteiger partial charge in [-0.15, -0.1) is 0 Å². The number of carbonyl (C=O) groups excluding carboxylic acids is 1. The summed E-state index contributed by atoms with van der Waals surface area (Å²) in [6.45, 7) is -0.0223. The van der Waals surface area contributed by atoms with E-state index >= 15 is 0 Å². The van der Waals surface area contributed by atoms with Crippen molar-refractivity contribution in [3.8, 4) is 0 Å². The second-order valence-corrected chi connectivity index (χ2v) is 4.30. The number of hydrogen-bond donors (Lipinski definition) is 1. The lowest BCUT2D eigenvalue weighted by Crippen LogP contribution is -2.12. The topological polar surface area (TPSA) is 70.1 Å². The molecule has 0 fully saturated rings. The van der Waals surface area contributed by atoms with Crippen LogP contribution in [0.3, 0.4) is 0 Å². The van der Waals surface area contributed by atoms with Gasteiger partial charge in [-0.25, -0.2) is 4.79 Å². The molecule has 2 rings (SSSR count). The fraction of sp³-hybridized carbons (Fsp3) is 0.231. The van der Waals surface area contributed by atoms with E-state index in [0.29, 0.717) is 5.56 Å². The summed E-state index contributed by atoms with van der Waals surface area (Å²) in [6.07, 6.45) is -2.87. The summed E-state index contributed by atoms with van der Waals surface area (Å²) in [7, 11) is 1.20. The predicted molar refractivity (Wildman–Crippen MR) is 68.5 cm³/mol. The number of benzene rings is 1. The fourth-order valence-corrected chi connectivity index (χ4v) is 1.87. The molecule has 0 unspecified atom stereocenters. The monoisotopic (exact) mass is 299 g/mol. The number of nitrogens with zero attached hydrogens (tertiary/aromatic N) is 2. The molecule has 5 nitrogen and oxygen atoms in total. The van der Waals surface area contributed by atoms with Crippen LogP contribution in [-0.2, 0) is 17.5 Å². The Kier molecular flexibility index (Phi) is 3.88. The zero-order valence-electron chi connectivity index (χ0n) is 11.0. The van der Waals surface area contributed by atoms with Crippen molar-refractivity contribution in [1.29, 1.82) is 0 Å². The maximum Gasteiger partial charge on any atom is 0.419 e. The molecular weight excluding hydrogens is 287 g/mol. The van der Waals surface area contributed by atoms with Crippen molar-refractivity contribution in [2.75, 3.05) is 12.8 Å². The van der Waals surface area contributed by atoms with Crippen LogP contribution in [0, 0.1) is 0 Å². The van der Waals surface area contributed by atoms with E-state index in [9.17, 15) is 18.0 Å². The number of alkyl halides is 3. The summed E-state index contributed by atoms with van der Waals surface area (Å²) in [5.74, 6) is -0.647. The lowest BCUT2D eigenvalue weighted by atomic mass is 10.1. The minimum Gasteiger partial charge on any atom is -0.465 e. The van der Waals surface area contributed by atoms with Crippen molar-refractivity contribution >= 4 is 11.7 Å². The number of nitrogens with two attached hydrogens (primary N) is 1. The maximum absolute atomic E-state index is 12.5. The number of carbonyl (C=O) groups is 1. The van der Waals surface area contributed by atoms with Crippen molar-refractivity contribution < 1.29 is 22.7 Å². The number of esters is 1. The minimum absolute atomic E-state index is 0.0223. The molecule has 0 bridgehead atoms. The molecular formula is C13H12F3N3O2. The third-order valence-electron chi connectivity index (χ3n) is 2.87. The van der Waals surface area contributed by atoms with E-state index in [4.69, 9.17) is 5.73 Å². The molecule has 1 heterocycles.